The molecule has 3 N–H and O–H groups in total. The quantitative estimate of drug-likeness (QED) is 0.428. The molecule has 0 bridgehead atoms. The number of aromatic nitrogens is 3. The van der Waals surface area contributed by atoms with Gasteiger partial charge in [-0.2, -0.15) is 13.2 Å². The number of alkyl halides is 3. The average molecular weight is 517 g/mol. The van der Waals surface area contributed by atoms with Crippen molar-refractivity contribution in [3.63, 3.8) is 0 Å². The average Bonchev–Trinajstić information content (AvgIpc) is 3.14. The molecule has 0 spiro atoms. The summed E-state index contributed by atoms with van der Waals surface area (Å²) in [6.45, 7) is 8.20. The molecule has 4 rings (SSSR count). The number of nitrogens with one attached hydrogen (secondary N) is 1. The second kappa shape index (κ2) is 9.60. The maximum Gasteiger partial charge on any atom is 0.416 e. The van der Waals surface area contributed by atoms with E-state index < -0.39 is 23.4 Å². The van der Waals surface area contributed by atoms with Crippen LogP contribution in [0.4, 0.5) is 29.5 Å². The number of carbonyl (C=O) groups excluding carboxylic acids is 1. The minimum absolute atomic E-state index is 0.0398. The molecular formula is C26H31F3N6O2. The van der Waals surface area contributed by atoms with Gasteiger partial charge in [-0.15, -0.1) is 0 Å². The van der Waals surface area contributed by atoms with E-state index in [1.807, 2.05) is 44.5 Å². The van der Waals surface area contributed by atoms with Crippen LogP contribution in [0.15, 0.2) is 36.7 Å². The zero-order chi connectivity index (χ0) is 27.1. The van der Waals surface area contributed by atoms with Gasteiger partial charge in [0.25, 0.3) is 0 Å². The summed E-state index contributed by atoms with van der Waals surface area (Å²) in [5.74, 6) is 0.502. The first-order chi connectivity index (χ1) is 17.2. The van der Waals surface area contributed by atoms with Crippen molar-refractivity contribution in [2.45, 2.75) is 51.9 Å². The molecule has 3 aromatic rings. The van der Waals surface area contributed by atoms with Crippen LogP contribution < -0.4 is 11.1 Å². The number of rotatable bonds is 4. The van der Waals surface area contributed by atoms with E-state index in [2.05, 4.69) is 15.3 Å². The van der Waals surface area contributed by atoms with Gasteiger partial charge in [0.2, 0.25) is 0 Å². The second-order valence-corrected chi connectivity index (χ2v) is 10.2. The Bertz CT molecular complexity index is 1360. The van der Waals surface area contributed by atoms with E-state index in [-0.39, 0.29) is 11.8 Å². The number of nitrogens with two attached hydrogens (primary N) is 1. The Hall–Kier alpha value is -3.76. The fraction of sp³-hybridized carbons (Fsp3) is 0.423. The lowest BCUT2D eigenvalue weighted by Crippen LogP contribution is -2.39. The van der Waals surface area contributed by atoms with Crippen LogP contribution in [0.25, 0.3) is 16.6 Å². The Labute approximate surface area is 213 Å². The van der Waals surface area contributed by atoms with Crippen LogP contribution in [0.5, 0.6) is 0 Å². The number of amides is 1. The second-order valence-electron chi connectivity index (χ2n) is 10.2. The van der Waals surface area contributed by atoms with Gasteiger partial charge >= 0.3 is 12.3 Å². The number of fused-ring (bicyclic) bond motifs is 1. The molecule has 3 heterocycles. The molecule has 8 nitrogen and oxygen atoms in total. The smallest absolute Gasteiger partial charge is 0.416 e. The highest BCUT2D eigenvalue weighted by Gasteiger charge is 2.31. The molecule has 1 aromatic carbocycles. The fourth-order valence-electron chi connectivity index (χ4n) is 4.33. The topological polar surface area (TPSA) is 98.3 Å². The molecule has 37 heavy (non-hydrogen) atoms. The lowest BCUT2D eigenvalue weighted by atomic mass is 10.0. The molecule has 2 aromatic heterocycles. The summed E-state index contributed by atoms with van der Waals surface area (Å²) in [5.41, 5.74) is 7.50. The van der Waals surface area contributed by atoms with Gasteiger partial charge in [0, 0.05) is 31.5 Å². The van der Waals surface area contributed by atoms with E-state index in [9.17, 15) is 18.0 Å². The summed E-state index contributed by atoms with van der Waals surface area (Å²) in [6.07, 6.45) is -0.786. The largest absolute Gasteiger partial charge is 0.444 e. The predicted octanol–water partition coefficient (Wildman–Crippen LogP) is 5.77. The van der Waals surface area contributed by atoms with E-state index in [0.717, 1.165) is 28.8 Å². The molecule has 0 saturated carbocycles. The first-order valence-electron chi connectivity index (χ1n) is 11.9. The van der Waals surface area contributed by atoms with Crippen LogP contribution in [0.2, 0.25) is 0 Å². The van der Waals surface area contributed by atoms with Gasteiger partial charge in [-0.05, 0) is 69.5 Å². The Kier molecular flexibility index (Phi) is 6.83. The third kappa shape index (κ3) is 5.81. The van der Waals surface area contributed by atoms with E-state index in [1.54, 1.807) is 11.8 Å². The fourth-order valence-corrected chi connectivity index (χ4v) is 4.33. The Morgan fingerprint density at radius 2 is 1.89 bits per heavy atom. The van der Waals surface area contributed by atoms with Gasteiger partial charge in [0.05, 0.1) is 17.0 Å². The van der Waals surface area contributed by atoms with Crippen LogP contribution in [-0.2, 0) is 18.0 Å². The van der Waals surface area contributed by atoms with Crippen molar-refractivity contribution in [2.75, 3.05) is 24.1 Å². The summed E-state index contributed by atoms with van der Waals surface area (Å²) >= 11 is 0. The van der Waals surface area contributed by atoms with E-state index in [1.165, 1.54) is 12.4 Å². The summed E-state index contributed by atoms with van der Waals surface area (Å²) in [5, 5.41) is 3.96. The number of anilines is 2. The van der Waals surface area contributed by atoms with Crippen molar-refractivity contribution in [1.29, 1.82) is 0 Å². The van der Waals surface area contributed by atoms with Crippen LogP contribution >= 0.6 is 0 Å². The highest BCUT2D eigenvalue weighted by molar-refractivity contribution is 5.91. The van der Waals surface area contributed by atoms with Crippen LogP contribution in [0.3, 0.4) is 0 Å². The number of benzene rings is 1. The molecule has 0 saturated heterocycles. The standard InChI is InChI=1S/C26H31F3N6O2/c1-15(17-10-18(26(27,28)29)12-19(30)11-17)33-22-20-13-21(34(5)23(20)32-14-31-22)16-6-8-35(9-7-16)24(36)37-25(2,3)4/h6,10-15H,7-9,30H2,1-5H3,(H,31,32,33)/t15-/m1/s1. The third-order valence-electron chi connectivity index (χ3n) is 6.17. The normalized spacial score (nSPS) is 15.5. The number of carbonyl (C=O) groups is 1. The van der Waals surface area contributed by atoms with Crippen molar-refractivity contribution in [3.8, 4) is 0 Å². The summed E-state index contributed by atoms with van der Waals surface area (Å²) in [4.78, 5) is 22.8. The minimum atomic E-state index is -4.49. The number of halogens is 3. The number of nitrogen functional groups attached to an aromatic ring is 1. The summed E-state index contributed by atoms with van der Waals surface area (Å²) in [7, 11) is 1.90. The summed E-state index contributed by atoms with van der Waals surface area (Å²) < 4.78 is 47.3. The van der Waals surface area contributed by atoms with Crippen LogP contribution in [-0.4, -0.2) is 44.2 Å². The first-order valence-corrected chi connectivity index (χ1v) is 11.9. The molecular weight excluding hydrogens is 485 g/mol. The van der Waals surface area contributed by atoms with Crippen molar-refractivity contribution >= 4 is 34.2 Å². The summed E-state index contributed by atoms with van der Waals surface area (Å²) in [6, 6.07) is 4.99. The van der Waals surface area contributed by atoms with Crippen LogP contribution in [0.1, 0.15) is 57.0 Å². The molecule has 1 aliphatic heterocycles. The number of hydrogen-bond donors (Lipinski definition) is 2. The van der Waals surface area contributed by atoms with Gasteiger partial charge in [0.1, 0.15) is 23.4 Å². The van der Waals surface area contributed by atoms with Gasteiger partial charge in [-0.25, -0.2) is 14.8 Å². The third-order valence-corrected chi connectivity index (χ3v) is 6.17. The van der Waals surface area contributed by atoms with Gasteiger partial charge in [0.15, 0.2) is 0 Å². The van der Waals surface area contributed by atoms with Crippen molar-refractivity contribution in [1.82, 2.24) is 19.4 Å². The molecule has 0 radical (unpaired) electrons. The molecule has 1 atom stereocenters. The maximum atomic E-state index is 13.3. The predicted molar refractivity (Wildman–Crippen MR) is 137 cm³/mol. The van der Waals surface area contributed by atoms with Crippen LogP contribution in [0, 0.1) is 0 Å². The highest BCUT2D eigenvalue weighted by atomic mass is 19.4. The zero-order valence-corrected chi connectivity index (χ0v) is 21.5. The van der Waals surface area contributed by atoms with Gasteiger partial charge in [-0.1, -0.05) is 6.08 Å². The molecule has 1 amide bonds. The van der Waals surface area contributed by atoms with Gasteiger partial charge in [-0.3, -0.25) is 0 Å². The molecule has 198 valence electrons. The molecule has 0 unspecified atom stereocenters. The Balaban J connectivity index is 1.59. The lowest BCUT2D eigenvalue weighted by molar-refractivity contribution is -0.137. The van der Waals surface area contributed by atoms with Crippen molar-refractivity contribution < 1.29 is 22.7 Å². The zero-order valence-electron chi connectivity index (χ0n) is 21.5. The first kappa shape index (κ1) is 26.3. The monoisotopic (exact) mass is 516 g/mol. The minimum Gasteiger partial charge on any atom is -0.444 e. The molecule has 11 heteroatoms. The molecule has 0 fully saturated rings. The van der Waals surface area contributed by atoms with Crippen molar-refractivity contribution in [3.05, 3.63) is 53.5 Å². The van der Waals surface area contributed by atoms with Crippen molar-refractivity contribution in [2.24, 2.45) is 7.05 Å². The molecule has 0 aliphatic carbocycles. The lowest BCUT2D eigenvalue weighted by Gasteiger charge is -2.29. The number of hydrogen-bond acceptors (Lipinski definition) is 6. The number of ether oxygens (including phenoxy) is 1. The Morgan fingerprint density at radius 3 is 2.51 bits per heavy atom. The molecule has 1 aliphatic rings. The number of aryl methyl sites for hydroxylation is 1. The van der Waals surface area contributed by atoms with E-state index in [0.29, 0.717) is 36.5 Å². The van der Waals surface area contributed by atoms with E-state index >= 15 is 0 Å². The van der Waals surface area contributed by atoms with E-state index in [4.69, 9.17) is 10.5 Å². The Morgan fingerprint density at radius 1 is 1.16 bits per heavy atom. The van der Waals surface area contributed by atoms with Gasteiger partial charge < -0.3 is 25.3 Å². The maximum absolute atomic E-state index is 13.3. The SMILES string of the molecule is C[C@@H](Nc1ncnc2c1cc(C1=CCN(C(=O)OC(C)(C)C)CC1)n2C)c1cc(N)cc(C(F)(F)F)c1. The highest BCUT2D eigenvalue weighted by Crippen LogP contribution is 2.35. The number of nitrogens with zero attached hydrogens (tertiary/aromatic N) is 4.